The number of nitrogens with zero attached hydrogens (tertiary/aromatic N) is 1. The van der Waals surface area contributed by atoms with Crippen LogP contribution in [0.5, 0.6) is 0 Å². The molecule has 1 heterocycles. The highest BCUT2D eigenvalue weighted by atomic mass is 32.2. The molecule has 0 radical (unpaired) electrons. The van der Waals surface area contributed by atoms with Crippen molar-refractivity contribution in [3.05, 3.63) is 0 Å². The van der Waals surface area contributed by atoms with Crippen LogP contribution in [0.1, 0.15) is 27.2 Å². The monoisotopic (exact) mass is 261 g/mol. The minimum Gasteiger partial charge on any atom is -0.275 e. The highest BCUT2D eigenvalue weighted by Gasteiger charge is 2.39. The third-order valence-corrected chi connectivity index (χ3v) is 4.32. The second-order valence-corrected chi connectivity index (χ2v) is 5.70. The van der Waals surface area contributed by atoms with Gasteiger partial charge in [0, 0.05) is 11.8 Å². The first kappa shape index (κ1) is 13.8. The molecule has 0 aliphatic carbocycles. The summed E-state index contributed by atoms with van der Waals surface area (Å²) >= 11 is 0. The van der Waals surface area contributed by atoms with Gasteiger partial charge in [0.15, 0.2) is 5.25 Å². The third-order valence-electron chi connectivity index (χ3n) is 2.41. The lowest BCUT2D eigenvalue weighted by molar-refractivity contribution is -0.118. The quantitative estimate of drug-likeness (QED) is 0.730. The summed E-state index contributed by atoms with van der Waals surface area (Å²) in [6.45, 7) is 4.85. The third kappa shape index (κ3) is 3.10. The molecule has 7 nitrogen and oxygen atoms in total. The Balaban J connectivity index is 3.03. The number of amides is 3. The minimum atomic E-state index is -3.86. The van der Waals surface area contributed by atoms with Crippen LogP contribution in [0.25, 0.3) is 0 Å². The van der Waals surface area contributed by atoms with Crippen LogP contribution in [0.15, 0.2) is 4.99 Å². The first-order valence-corrected chi connectivity index (χ1v) is 6.73. The number of carbonyl (C=O) groups excluding carboxylic acids is 2. The molecule has 1 aliphatic rings. The molecule has 0 saturated carbocycles. The van der Waals surface area contributed by atoms with E-state index < -0.39 is 27.2 Å². The zero-order valence-electron chi connectivity index (χ0n) is 9.85. The van der Waals surface area contributed by atoms with E-state index in [4.69, 9.17) is 0 Å². The van der Waals surface area contributed by atoms with Crippen molar-refractivity contribution in [3.63, 3.8) is 0 Å². The predicted octanol–water partition coefficient (Wildman–Crippen LogP) is -0.216. The van der Waals surface area contributed by atoms with E-state index in [0.29, 0.717) is 6.42 Å². The number of hydrogen-bond acceptors (Lipinski definition) is 4. The zero-order chi connectivity index (χ0) is 13.2. The molecule has 0 saturated heterocycles. The molecule has 0 spiro atoms. The van der Waals surface area contributed by atoms with Gasteiger partial charge in [-0.05, 0) is 20.3 Å². The second-order valence-electron chi connectivity index (χ2n) is 3.90. The predicted molar refractivity (Wildman–Crippen MR) is 62.2 cm³/mol. The van der Waals surface area contributed by atoms with Crippen molar-refractivity contribution in [2.75, 3.05) is 0 Å². The number of rotatable bonds is 4. The van der Waals surface area contributed by atoms with Gasteiger partial charge in [0.1, 0.15) is 0 Å². The lowest BCUT2D eigenvalue weighted by atomic mass is 10.2. The standard InChI is InChI=1S/C9H15N3O4S/c1-4-5(2)12-17(15,16)7-6(3)10-9(14)11-8(7)13/h5,7,12H,4H2,1-3H3,(H,11,13,14). The van der Waals surface area contributed by atoms with Crippen LogP contribution in [0.3, 0.4) is 0 Å². The van der Waals surface area contributed by atoms with Crippen LogP contribution < -0.4 is 10.0 Å². The summed E-state index contributed by atoms with van der Waals surface area (Å²) in [7, 11) is -3.86. The number of carbonyl (C=O) groups is 2. The van der Waals surface area contributed by atoms with E-state index in [2.05, 4.69) is 9.71 Å². The van der Waals surface area contributed by atoms with Crippen LogP contribution in [-0.2, 0) is 14.8 Å². The fourth-order valence-corrected chi connectivity index (χ4v) is 3.11. The maximum absolute atomic E-state index is 11.9. The van der Waals surface area contributed by atoms with Crippen LogP contribution >= 0.6 is 0 Å². The molecule has 2 atom stereocenters. The van der Waals surface area contributed by atoms with Crippen molar-refractivity contribution < 1.29 is 18.0 Å². The van der Waals surface area contributed by atoms with E-state index in [0.717, 1.165) is 0 Å². The normalized spacial score (nSPS) is 23.0. The van der Waals surface area contributed by atoms with E-state index in [1.807, 2.05) is 12.2 Å². The fourth-order valence-electron chi connectivity index (χ4n) is 1.40. The summed E-state index contributed by atoms with van der Waals surface area (Å²) in [4.78, 5) is 25.8. The SMILES string of the molecule is CCC(C)NS(=O)(=O)C1C(=O)NC(=O)N=C1C. The van der Waals surface area contributed by atoms with E-state index in [9.17, 15) is 18.0 Å². The average molecular weight is 261 g/mol. The van der Waals surface area contributed by atoms with E-state index >= 15 is 0 Å². The van der Waals surface area contributed by atoms with Crippen LogP contribution in [-0.4, -0.2) is 37.4 Å². The van der Waals surface area contributed by atoms with Gasteiger partial charge < -0.3 is 0 Å². The van der Waals surface area contributed by atoms with Gasteiger partial charge in [0.25, 0.3) is 5.91 Å². The molecule has 1 aliphatic heterocycles. The van der Waals surface area contributed by atoms with Crippen molar-refractivity contribution in [2.45, 2.75) is 38.5 Å². The number of nitrogens with one attached hydrogen (secondary N) is 2. The largest absolute Gasteiger partial charge is 0.347 e. The number of urea groups is 1. The fraction of sp³-hybridized carbons (Fsp3) is 0.667. The zero-order valence-corrected chi connectivity index (χ0v) is 10.7. The Kier molecular flexibility index (Phi) is 3.99. The average Bonchev–Trinajstić information content (AvgIpc) is 2.14. The van der Waals surface area contributed by atoms with Crippen LogP contribution in [0.4, 0.5) is 4.79 Å². The van der Waals surface area contributed by atoms with Crippen molar-refractivity contribution in [3.8, 4) is 0 Å². The summed E-state index contributed by atoms with van der Waals surface area (Å²) in [5, 5.41) is 0.437. The molecule has 2 unspecified atom stereocenters. The number of sulfonamides is 1. The highest BCUT2D eigenvalue weighted by molar-refractivity contribution is 7.91. The molecular weight excluding hydrogens is 246 g/mol. The van der Waals surface area contributed by atoms with Crippen molar-refractivity contribution in [2.24, 2.45) is 4.99 Å². The maximum atomic E-state index is 11.9. The summed E-state index contributed by atoms with van der Waals surface area (Å²) in [5.74, 6) is -0.863. The molecule has 2 N–H and O–H groups in total. The number of aliphatic imine (C=N–C) groups is 1. The smallest absolute Gasteiger partial charge is 0.275 e. The molecule has 1 rings (SSSR count). The van der Waals surface area contributed by atoms with Gasteiger partial charge in [-0.1, -0.05) is 6.92 Å². The van der Waals surface area contributed by atoms with Gasteiger partial charge in [-0.2, -0.15) is 0 Å². The minimum absolute atomic E-state index is 0.0189. The van der Waals surface area contributed by atoms with Crippen LogP contribution in [0.2, 0.25) is 0 Å². The molecule has 0 aromatic carbocycles. The molecule has 0 fully saturated rings. The highest BCUT2D eigenvalue weighted by Crippen LogP contribution is 2.09. The van der Waals surface area contributed by atoms with Gasteiger partial charge in [-0.15, -0.1) is 0 Å². The lowest BCUT2D eigenvalue weighted by Gasteiger charge is -2.22. The second kappa shape index (κ2) is 4.92. The van der Waals surface area contributed by atoms with Gasteiger partial charge >= 0.3 is 6.03 Å². The summed E-state index contributed by atoms with van der Waals surface area (Å²) in [6, 6.07) is -1.11. The molecule has 17 heavy (non-hydrogen) atoms. The van der Waals surface area contributed by atoms with Crippen molar-refractivity contribution in [1.82, 2.24) is 10.0 Å². The molecule has 8 heteroatoms. The Bertz CT molecular complexity index is 469. The van der Waals surface area contributed by atoms with E-state index in [1.165, 1.54) is 6.92 Å². The van der Waals surface area contributed by atoms with Gasteiger partial charge in [0.05, 0.1) is 0 Å². The number of imide groups is 1. The Morgan fingerprint density at radius 3 is 2.53 bits per heavy atom. The molecule has 0 aromatic heterocycles. The van der Waals surface area contributed by atoms with Gasteiger partial charge in [-0.25, -0.2) is 22.9 Å². The summed E-state index contributed by atoms with van der Waals surface area (Å²) in [5.41, 5.74) is -0.0189. The molecule has 0 bridgehead atoms. The van der Waals surface area contributed by atoms with E-state index in [-0.39, 0.29) is 11.8 Å². The maximum Gasteiger partial charge on any atom is 0.347 e. The van der Waals surface area contributed by atoms with Crippen LogP contribution in [0, 0.1) is 0 Å². The topological polar surface area (TPSA) is 105 Å². The molecule has 96 valence electrons. The molecule has 0 aromatic rings. The Labute approximate surface area is 99.7 Å². The van der Waals surface area contributed by atoms with Gasteiger partial charge in [-0.3, -0.25) is 10.1 Å². The molecule has 3 amide bonds. The van der Waals surface area contributed by atoms with E-state index in [1.54, 1.807) is 6.92 Å². The lowest BCUT2D eigenvalue weighted by Crippen LogP contribution is -2.54. The first-order chi connectivity index (χ1) is 7.77. The first-order valence-electron chi connectivity index (χ1n) is 5.19. The number of hydrogen-bond donors (Lipinski definition) is 2. The Hall–Kier alpha value is -1.28. The molecular formula is C9H15N3O4S. The van der Waals surface area contributed by atoms with Crippen molar-refractivity contribution in [1.29, 1.82) is 0 Å². The summed E-state index contributed by atoms with van der Waals surface area (Å²) in [6.07, 6.45) is 0.600. The summed E-state index contributed by atoms with van der Waals surface area (Å²) < 4.78 is 26.2. The van der Waals surface area contributed by atoms with Crippen molar-refractivity contribution >= 4 is 27.7 Å². The Morgan fingerprint density at radius 1 is 1.47 bits per heavy atom. The Morgan fingerprint density at radius 2 is 2.06 bits per heavy atom. The van der Waals surface area contributed by atoms with Gasteiger partial charge in [0.2, 0.25) is 10.0 Å².